The largest absolute Gasteiger partial charge is 0.391 e. The standard InChI is InChI=1S/C13H15ClN2O4/c1-8-4-5-15(7-12(8)17)13(18)10-3-2-9(14)6-11(10)16(19)20/h2-3,6,8,12,17H,4-5,7H2,1H3. The van der Waals surface area contributed by atoms with E-state index in [1.807, 2.05) is 6.92 Å². The van der Waals surface area contributed by atoms with E-state index in [-0.39, 0.29) is 28.7 Å². The summed E-state index contributed by atoms with van der Waals surface area (Å²) in [5.41, 5.74) is -0.309. The number of amides is 1. The van der Waals surface area contributed by atoms with Crippen molar-refractivity contribution in [2.75, 3.05) is 13.1 Å². The minimum absolute atomic E-state index is 0.00107. The molecule has 6 nitrogen and oxygen atoms in total. The molecule has 0 radical (unpaired) electrons. The Morgan fingerprint density at radius 3 is 2.85 bits per heavy atom. The Kier molecular flexibility index (Phi) is 4.25. The first-order chi connectivity index (χ1) is 9.40. The van der Waals surface area contributed by atoms with Gasteiger partial charge in [-0.1, -0.05) is 18.5 Å². The Hall–Kier alpha value is -1.66. The number of hydrogen-bond donors (Lipinski definition) is 1. The first-order valence-electron chi connectivity index (χ1n) is 6.31. The van der Waals surface area contributed by atoms with E-state index >= 15 is 0 Å². The van der Waals surface area contributed by atoms with Crippen LogP contribution < -0.4 is 0 Å². The third kappa shape index (κ3) is 2.91. The van der Waals surface area contributed by atoms with Gasteiger partial charge in [0.25, 0.3) is 11.6 Å². The van der Waals surface area contributed by atoms with Crippen molar-refractivity contribution in [3.63, 3.8) is 0 Å². The monoisotopic (exact) mass is 298 g/mol. The topological polar surface area (TPSA) is 83.7 Å². The number of aliphatic hydroxyl groups is 1. The van der Waals surface area contributed by atoms with Crippen molar-refractivity contribution in [1.29, 1.82) is 0 Å². The Morgan fingerprint density at radius 1 is 1.55 bits per heavy atom. The summed E-state index contributed by atoms with van der Waals surface area (Å²) in [6, 6.07) is 3.97. The molecule has 0 bridgehead atoms. The lowest BCUT2D eigenvalue weighted by atomic mass is 9.95. The van der Waals surface area contributed by atoms with Gasteiger partial charge in [-0.2, -0.15) is 0 Å². The van der Waals surface area contributed by atoms with E-state index in [1.54, 1.807) is 0 Å². The summed E-state index contributed by atoms with van der Waals surface area (Å²) >= 11 is 5.72. The zero-order valence-electron chi connectivity index (χ0n) is 11.0. The molecular weight excluding hydrogens is 284 g/mol. The molecule has 1 aliphatic rings. The molecule has 1 N–H and O–H groups in total. The fourth-order valence-corrected chi connectivity index (χ4v) is 2.41. The van der Waals surface area contributed by atoms with E-state index in [2.05, 4.69) is 0 Å². The highest BCUT2D eigenvalue weighted by atomic mass is 35.5. The van der Waals surface area contributed by atoms with E-state index in [9.17, 15) is 20.0 Å². The van der Waals surface area contributed by atoms with Crippen LogP contribution in [0, 0.1) is 16.0 Å². The maximum atomic E-state index is 12.4. The predicted octanol–water partition coefficient (Wildman–Crippen LogP) is 2.09. The molecule has 1 amide bonds. The normalized spacial score (nSPS) is 22.6. The lowest BCUT2D eigenvalue weighted by Crippen LogP contribution is -2.45. The average molecular weight is 299 g/mol. The van der Waals surface area contributed by atoms with Crippen LogP contribution in [0.2, 0.25) is 5.02 Å². The first-order valence-corrected chi connectivity index (χ1v) is 6.69. The van der Waals surface area contributed by atoms with Gasteiger partial charge >= 0.3 is 0 Å². The van der Waals surface area contributed by atoms with Gasteiger partial charge in [-0.3, -0.25) is 14.9 Å². The molecule has 1 saturated heterocycles. The smallest absolute Gasteiger partial charge is 0.283 e. The van der Waals surface area contributed by atoms with Gasteiger partial charge in [0.05, 0.1) is 11.0 Å². The van der Waals surface area contributed by atoms with Crippen molar-refractivity contribution in [3.8, 4) is 0 Å². The summed E-state index contributed by atoms with van der Waals surface area (Å²) in [6.45, 7) is 2.59. The van der Waals surface area contributed by atoms with Crippen molar-refractivity contribution in [3.05, 3.63) is 38.9 Å². The number of hydrogen-bond acceptors (Lipinski definition) is 4. The predicted molar refractivity (Wildman–Crippen MR) is 73.8 cm³/mol. The van der Waals surface area contributed by atoms with Gasteiger partial charge in [0.2, 0.25) is 0 Å². The zero-order valence-corrected chi connectivity index (χ0v) is 11.7. The molecular formula is C13H15ClN2O4. The highest BCUT2D eigenvalue weighted by molar-refractivity contribution is 6.31. The van der Waals surface area contributed by atoms with E-state index in [0.717, 1.165) is 6.07 Å². The number of carbonyl (C=O) groups excluding carboxylic acids is 1. The fourth-order valence-electron chi connectivity index (χ4n) is 2.24. The molecule has 0 aromatic heterocycles. The third-order valence-corrected chi connectivity index (χ3v) is 3.83. The van der Waals surface area contributed by atoms with Crippen LogP contribution in [0.25, 0.3) is 0 Å². The molecule has 1 fully saturated rings. The number of nitrogens with zero attached hydrogens (tertiary/aromatic N) is 2. The maximum Gasteiger partial charge on any atom is 0.283 e. The number of aliphatic hydroxyl groups excluding tert-OH is 1. The number of halogens is 1. The Balaban J connectivity index is 2.27. The van der Waals surface area contributed by atoms with Gasteiger partial charge in [0, 0.05) is 24.2 Å². The van der Waals surface area contributed by atoms with E-state index < -0.39 is 16.9 Å². The Morgan fingerprint density at radius 2 is 2.25 bits per heavy atom. The SMILES string of the molecule is CC1CCN(C(=O)c2ccc(Cl)cc2[N+](=O)[O-])CC1O. The molecule has 7 heteroatoms. The van der Waals surface area contributed by atoms with Gasteiger partial charge in [-0.05, 0) is 24.5 Å². The number of rotatable bonds is 2. The summed E-state index contributed by atoms with van der Waals surface area (Å²) in [5.74, 6) is -0.321. The zero-order chi connectivity index (χ0) is 14.9. The molecule has 20 heavy (non-hydrogen) atoms. The van der Waals surface area contributed by atoms with Crippen LogP contribution in [0.4, 0.5) is 5.69 Å². The number of benzene rings is 1. The van der Waals surface area contributed by atoms with Crippen LogP contribution in [-0.4, -0.2) is 40.0 Å². The highest BCUT2D eigenvalue weighted by Crippen LogP contribution is 2.26. The van der Waals surface area contributed by atoms with Crippen LogP contribution in [0.1, 0.15) is 23.7 Å². The lowest BCUT2D eigenvalue weighted by Gasteiger charge is -2.34. The molecule has 2 rings (SSSR count). The molecule has 0 spiro atoms. The van der Waals surface area contributed by atoms with E-state index in [4.69, 9.17) is 11.6 Å². The van der Waals surface area contributed by atoms with Crippen LogP contribution in [0.5, 0.6) is 0 Å². The van der Waals surface area contributed by atoms with Gasteiger partial charge in [-0.25, -0.2) is 0 Å². The van der Waals surface area contributed by atoms with Gasteiger partial charge in [-0.15, -0.1) is 0 Å². The van der Waals surface area contributed by atoms with Crippen LogP contribution in [0.3, 0.4) is 0 Å². The van der Waals surface area contributed by atoms with Crippen LogP contribution >= 0.6 is 11.6 Å². The highest BCUT2D eigenvalue weighted by Gasteiger charge is 2.31. The molecule has 108 valence electrons. The second-order valence-electron chi connectivity index (χ2n) is 5.00. The third-order valence-electron chi connectivity index (χ3n) is 3.59. The summed E-state index contributed by atoms with van der Waals surface area (Å²) in [5, 5.41) is 21.0. The number of nitro groups is 1. The number of carbonyl (C=O) groups is 1. The average Bonchev–Trinajstić information content (AvgIpc) is 2.41. The molecule has 0 saturated carbocycles. The van der Waals surface area contributed by atoms with Crippen molar-refractivity contribution >= 4 is 23.2 Å². The first kappa shape index (κ1) is 14.7. The quantitative estimate of drug-likeness (QED) is 0.669. The molecule has 1 aromatic rings. The van der Waals surface area contributed by atoms with Crippen molar-refractivity contribution in [2.45, 2.75) is 19.4 Å². The van der Waals surface area contributed by atoms with Crippen LogP contribution in [0.15, 0.2) is 18.2 Å². The molecule has 2 atom stereocenters. The van der Waals surface area contributed by atoms with Gasteiger partial charge in [0.1, 0.15) is 5.56 Å². The summed E-state index contributed by atoms with van der Waals surface area (Å²) < 4.78 is 0. The van der Waals surface area contributed by atoms with E-state index in [1.165, 1.54) is 17.0 Å². The van der Waals surface area contributed by atoms with Crippen LogP contribution in [-0.2, 0) is 0 Å². The Bertz CT molecular complexity index is 549. The van der Waals surface area contributed by atoms with Gasteiger partial charge in [0.15, 0.2) is 0 Å². The van der Waals surface area contributed by atoms with Crippen molar-refractivity contribution < 1.29 is 14.8 Å². The molecule has 1 heterocycles. The number of β-amino-alcohol motifs (C(OH)–C–C–N with tert-alkyl or cyclic N) is 1. The summed E-state index contributed by atoms with van der Waals surface area (Å²) in [6.07, 6.45) is 0.0768. The summed E-state index contributed by atoms with van der Waals surface area (Å²) in [4.78, 5) is 24.2. The number of likely N-dealkylation sites (tertiary alicyclic amines) is 1. The number of piperidine rings is 1. The molecule has 1 aliphatic heterocycles. The molecule has 1 aromatic carbocycles. The van der Waals surface area contributed by atoms with Crippen molar-refractivity contribution in [1.82, 2.24) is 4.90 Å². The second kappa shape index (κ2) is 5.76. The maximum absolute atomic E-state index is 12.4. The second-order valence-corrected chi connectivity index (χ2v) is 5.44. The Labute approximate surface area is 121 Å². The minimum Gasteiger partial charge on any atom is -0.391 e. The molecule has 0 aliphatic carbocycles. The molecule has 2 unspecified atom stereocenters. The summed E-state index contributed by atoms with van der Waals surface area (Å²) in [7, 11) is 0. The fraction of sp³-hybridized carbons (Fsp3) is 0.462. The van der Waals surface area contributed by atoms with Crippen molar-refractivity contribution in [2.24, 2.45) is 5.92 Å². The lowest BCUT2D eigenvalue weighted by molar-refractivity contribution is -0.385. The van der Waals surface area contributed by atoms with Gasteiger partial charge < -0.3 is 10.0 Å². The van der Waals surface area contributed by atoms with E-state index in [0.29, 0.717) is 13.0 Å². The number of nitro benzene ring substituents is 1. The minimum atomic E-state index is -0.623.